The summed E-state index contributed by atoms with van der Waals surface area (Å²) in [5.74, 6) is -3.55. The highest BCUT2D eigenvalue weighted by molar-refractivity contribution is 5.97. The Morgan fingerprint density at radius 3 is 2.18 bits per heavy atom. The van der Waals surface area contributed by atoms with Crippen molar-refractivity contribution in [2.24, 2.45) is 22.7 Å². The number of ether oxygens (including phenoxy) is 4. The maximum atomic E-state index is 13.5. The zero-order valence-electron chi connectivity index (χ0n) is 26.5. The lowest BCUT2D eigenvalue weighted by molar-refractivity contribution is -0.198. The monoisotopic (exact) mass is 606 g/mol. The van der Waals surface area contributed by atoms with E-state index >= 15 is 0 Å². The number of ketones is 1. The number of hydrogen-bond donors (Lipinski definition) is 0. The Labute approximate surface area is 258 Å². The number of esters is 4. The van der Waals surface area contributed by atoms with E-state index < -0.39 is 64.9 Å². The predicted molar refractivity (Wildman–Crippen MR) is 162 cm³/mol. The summed E-state index contributed by atoms with van der Waals surface area (Å²) in [6, 6.07) is 9.34. The normalized spacial score (nSPS) is 29.5. The smallest absolute Gasteiger partial charge is 0.331 e. The van der Waals surface area contributed by atoms with Crippen molar-refractivity contribution in [3.8, 4) is 0 Å². The first-order chi connectivity index (χ1) is 20.7. The van der Waals surface area contributed by atoms with Crippen molar-refractivity contribution < 1.29 is 42.9 Å². The number of hydrogen-bond acceptors (Lipinski definition) is 9. The van der Waals surface area contributed by atoms with Crippen LogP contribution < -0.4 is 0 Å². The fourth-order valence-electron chi connectivity index (χ4n) is 7.55. The van der Waals surface area contributed by atoms with Gasteiger partial charge in [-0.2, -0.15) is 0 Å². The van der Waals surface area contributed by atoms with Gasteiger partial charge in [0.1, 0.15) is 18.8 Å². The Morgan fingerprint density at radius 2 is 1.57 bits per heavy atom. The van der Waals surface area contributed by atoms with Crippen LogP contribution in [-0.4, -0.2) is 54.6 Å². The van der Waals surface area contributed by atoms with E-state index in [9.17, 15) is 24.0 Å². The second-order valence-electron chi connectivity index (χ2n) is 12.8. The van der Waals surface area contributed by atoms with Gasteiger partial charge >= 0.3 is 23.9 Å². The number of allylic oxidation sites excluding steroid dienone is 2. The molecule has 3 aliphatic carbocycles. The molecular weight excluding hydrogens is 564 g/mol. The van der Waals surface area contributed by atoms with Crippen LogP contribution in [0.1, 0.15) is 73.3 Å². The van der Waals surface area contributed by atoms with Crippen molar-refractivity contribution in [1.29, 1.82) is 0 Å². The molecule has 0 N–H and O–H groups in total. The number of carbonyl (C=O) groups is 5. The summed E-state index contributed by atoms with van der Waals surface area (Å²) in [7, 11) is 0. The lowest BCUT2D eigenvalue weighted by atomic mass is 9.50. The second kappa shape index (κ2) is 12.9. The van der Waals surface area contributed by atoms with Crippen molar-refractivity contribution in [3.63, 3.8) is 0 Å². The number of carbonyl (C=O) groups excluding carboxylic acids is 5. The van der Waals surface area contributed by atoms with Gasteiger partial charge in [0.25, 0.3) is 0 Å². The minimum atomic E-state index is -1.06. The minimum absolute atomic E-state index is 0.102. The van der Waals surface area contributed by atoms with E-state index in [1.807, 2.05) is 57.2 Å². The van der Waals surface area contributed by atoms with E-state index in [0.29, 0.717) is 29.6 Å². The average molecular weight is 607 g/mol. The first-order valence-corrected chi connectivity index (χ1v) is 15.0. The Balaban J connectivity index is 1.85. The molecule has 4 rings (SSSR count). The van der Waals surface area contributed by atoms with Crippen LogP contribution in [0.5, 0.6) is 0 Å². The summed E-state index contributed by atoms with van der Waals surface area (Å²) in [6.07, 6.45) is 3.19. The third kappa shape index (κ3) is 6.56. The third-order valence-corrected chi connectivity index (χ3v) is 9.46. The molecule has 1 aromatic carbocycles. The quantitative estimate of drug-likeness (QED) is 0.175. The molecule has 0 aliphatic heterocycles. The molecule has 9 heteroatoms. The van der Waals surface area contributed by atoms with Crippen LogP contribution in [0.3, 0.4) is 0 Å². The summed E-state index contributed by atoms with van der Waals surface area (Å²) in [5.41, 5.74) is 0.782. The van der Waals surface area contributed by atoms with Crippen LogP contribution >= 0.6 is 0 Å². The lowest BCUT2D eigenvalue weighted by Gasteiger charge is -2.58. The Hall–Kier alpha value is -4.01. The molecule has 0 heterocycles. The molecule has 1 aromatic rings. The number of rotatable bonds is 7. The molecule has 44 heavy (non-hydrogen) atoms. The molecule has 2 bridgehead atoms. The highest BCUT2D eigenvalue weighted by Gasteiger charge is 2.63. The van der Waals surface area contributed by atoms with Gasteiger partial charge in [-0.1, -0.05) is 57.2 Å². The highest BCUT2D eigenvalue weighted by atomic mass is 16.6. The van der Waals surface area contributed by atoms with E-state index in [-0.39, 0.29) is 18.8 Å². The summed E-state index contributed by atoms with van der Waals surface area (Å²) in [6.45, 7) is 11.3. The molecule has 1 saturated carbocycles. The highest BCUT2D eigenvalue weighted by Crippen LogP contribution is 2.59. The fraction of sp³-hybridized carbons (Fsp3) is 0.514. The van der Waals surface area contributed by atoms with Crippen LogP contribution in [0.2, 0.25) is 0 Å². The topological polar surface area (TPSA) is 122 Å². The molecule has 0 amide bonds. The Bertz CT molecular complexity index is 1420. The maximum Gasteiger partial charge on any atom is 0.331 e. The van der Waals surface area contributed by atoms with Crippen molar-refractivity contribution in [2.75, 3.05) is 6.61 Å². The van der Waals surface area contributed by atoms with Gasteiger partial charge in [0.15, 0.2) is 11.9 Å². The molecule has 0 unspecified atom stereocenters. The zero-order chi connectivity index (χ0) is 32.4. The van der Waals surface area contributed by atoms with Gasteiger partial charge in [-0.05, 0) is 53.5 Å². The van der Waals surface area contributed by atoms with Crippen LogP contribution in [0, 0.1) is 22.7 Å². The Morgan fingerprint density at radius 1 is 0.932 bits per heavy atom. The first-order valence-electron chi connectivity index (χ1n) is 15.0. The molecule has 3 aliphatic rings. The molecular formula is C35H42O9. The number of Topliss-reactive ketones (excluding diaryl/α,β-unsaturated/α-hetero) is 1. The minimum Gasteiger partial charge on any atom is -0.462 e. The second-order valence-corrected chi connectivity index (χ2v) is 12.8. The molecule has 0 saturated heterocycles. The van der Waals surface area contributed by atoms with Gasteiger partial charge in [0.2, 0.25) is 0 Å². The van der Waals surface area contributed by atoms with Gasteiger partial charge in [-0.3, -0.25) is 19.2 Å². The van der Waals surface area contributed by atoms with Crippen LogP contribution in [-0.2, 0) is 42.9 Å². The number of fused-ring (bicyclic) bond motifs is 3. The van der Waals surface area contributed by atoms with Crippen molar-refractivity contribution >= 4 is 35.7 Å². The largest absolute Gasteiger partial charge is 0.462 e. The molecule has 0 radical (unpaired) electrons. The summed E-state index contributed by atoms with van der Waals surface area (Å²) in [5, 5.41) is 0. The molecule has 236 valence electrons. The van der Waals surface area contributed by atoms with Gasteiger partial charge in [-0.25, -0.2) is 4.79 Å². The standard InChI is InChI=1S/C35H42O9/c1-20-27(39)18-26-31(42-21(2)36)30-25(19-41-28(40)16-15-24-12-9-8-10-13-24)14-11-17-35(30,7)33(44-23(4)38)32(43-22(3)37)29(20)34(26,5)6/h8-10,12-16,26,30-33H,11,17-19H2,1-7H3/b16-15+/t26-,30-,31+,32+,33-,35+/m0/s1. The van der Waals surface area contributed by atoms with E-state index in [4.69, 9.17) is 18.9 Å². The van der Waals surface area contributed by atoms with E-state index in [2.05, 4.69) is 0 Å². The molecule has 6 atom stereocenters. The van der Waals surface area contributed by atoms with Gasteiger partial charge in [0, 0.05) is 50.5 Å². The van der Waals surface area contributed by atoms with Gasteiger partial charge < -0.3 is 18.9 Å². The lowest BCUT2D eigenvalue weighted by Crippen LogP contribution is -2.63. The average Bonchev–Trinajstić information content (AvgIpc) is 2.94. The van der Waals surface area contributed by atoms with Crippen molar-refractivity contribution in [2.45, 2.75) is 86.0 Å². The summed E-state index contributed by atoms with van der Waals surface area (Å²) in [4.78, 5) is 64.3. The van der Waals surface area contributed by atoms with Crippen molar-refractivity contribution in [3.05, 3.63) is 64.8 Å². The van der Waals surface area contributed by atoms with Crippen LogP contribution in [0.4, 0.5) is 0 Å². The van der Waals surface area contributed by atoms with E-state index in [1.165, 1.54) is 26.8 Å². The fourth-order valence-corrected chi connectivity index (χ4v) is 7.55. The zero-order valence-corrected chi connectivity index (χ0v) is 26.5. The van der Waals surface area contributed by atoms with Crippen LogP contribution in [0.15, 0.2) is 59.2 Å². The summed E-state index contributed by atoms with van der Waals surface area (Å²) >= 11 is 0. The van der Waals surface area contributed by atoms with Crippen LogP contribution in [0.25, 0.3) is 6.08 Å². The SMILES string of the molecule is CC(=O)O[C@@H]1[C@@H]2CC(=O)C(C)=C([C@@H](OC(C)=O)[C@H](OC(C)=O)[C@]3(C)CCC=C(COC(=O)/C=C/c4ccccc4)[C@@H]13)C2(C)C. The molecule has 0 aromatic heterocycles. The Kier molecular flexibility index (Phi) is 9.66. The van der Waals surface area contributed by atoms with E-state index in [1.54, 1.807) is 13.0 Å². The molecule has 0 spiro atoms. The maximum absolute atomic E-state index is 13.5. The van der Waals surface area contributed by atoms with Gasteiger partial charge in [-0.15, -0.1) is 0 Å². The van der Waals surface area contributed by atoms with E-state index in [0.717, 1.165) is 5.56 Å². The molecule has 1 fully saturated rings. The third-order valence-electron chi connectivity index (χ3n) is 9.46. The number of benzene rings is 1. The van der Waals surface area contributed by atoms with Crippen molar-refractivity contribution in [1.82, 2.24) is 0 Å². The first kappa shape index (κ1) is 32.9. The molecule has 9 nitrogen and oxygen atoms in total. The predicted octanol–water partition coefficient (Wildman–Crippen LogP) is 5.33. The van der Waals surface area contributed by atoms with Gasteiger partial charge in [0.05, 0.1) is 0 Å². The summed E-state index contributed by atoms with van der Waals surface area (Å²) < 4.78 is 23.9.